The smallest absolute Gasteiger partial charge is 0.0594 e. The molecular formula is C15H22N2O. The van der Waals surface area contributed by atoms with Crippen molar-refractivity contribution >= 4 is 5.69 Å². The van der Waals surface area contributed by atoms with Gasteiger partial charge in [-0.3, -0.25) is 4.90 Å². The summed E-state index contributed by atoms with van der Waals surface area (Å²) in [7, 11) is 0. The standard InChI is InChI=1S/C15H22N2O/c1-11-3-4-13-14(17-7-9-18-10-8-17)5-6-16-15(13)12(11)2/h3-4,14,16H,5-10H2,1-2H3. The zero-order valence-corrected chi connectivity index (χ0v) is 11.3. The zero-order valence-electron chi connectivity index (χ0n) is 11.3. The first kappa shape index (κ1) is 12.0. The number of anilines is 1. The number of ether oxygens (including phenoxy) is 1. The molecule has 0 aliphatic carbocycles. The number of rotatable bonds is 1. The summed E-state index contributed by atoms with van der Waals surface area (Å²) in [6, 6.07) is 5.14. The molecule has 3 rings (SSSR count). The van der Waals surface area contributed by atoms with Gasteiger partial charge < -0.3 is 10.1 Å². The largest absolute Gasteiger partial charge is 0.384 e. The minimum Gasteiger partial charge on any atom is -0.384 e. The van der Waals surface area contributed by atoms with Crippen molar-refractivity contribution in [2.45, 2.75) is 26.3 Å². The van der Waals surface area contributed by atoms with Crippen LogP contribution in [0, 0.1) is 13.8 Å². The molecule has 0 amide bonds. The second-order valence-corrected chi connectivity index (χ2v) is 5.35. The average molecular weight is 246 g/mol. The van der Waals surface area contributed by atoms with Gasteiger partial charge in [-0.2, -0.15) is 0 Å². The van der Waals surface area contributed by atoms with Crippen LogP contribution in [0.3, 0.4) is 0 Å². The van der Waals surface area contributed by atoms with Crippen LogP contribution >= 0.6 is 0 Å². The van der Waals surface area contributed by atoms with Crippen LogP contribution in [0.2, 0.25) is 0 Å². The monoisotopic (exact) mass is 246 g/mol. The van der Waals surface area contributed by atoms with E-state index < -0.39 is 0 Å². The van der Waals surface area contributed by atoms with Gasteiger partial charge in [0.2, 0.25) is 0 Å². The lowest BCUT2D eigenvalue weighted by Crippen LogP contribution is -2.41. The van der Waals surface area contributed by atoms with E-state index in [2.05, 4.69) is 36.2 Å². The van der Waals surface area contributed by atoms with Gasteiger partial charge in [0.15, 0.2) is 0 Å². The number of nitrogens with zero attached hydrogens (tertiary/aromatic N) is 1. The molecule has 0 aromatic heterocycles. The molecule has 1 aromatic rings. The minimum absolute atomic E-state index is 0.574. The Morgan fingerprint density at radius 1 is 1.22 bits per heavy atom. The van der Waals surface area contributed by atoms with Gasteiger partial charge in [-0.05, 0) is 37.0 Å². The van der Waals surface area contributed by atoms with Gasteiger partial charge in [-0.15, -0.1) is 0 Å². The van der Waals surface area contributed by atoms with Crippen molar-refractivity contribution in [1.29, 1.82) is 0 Å². The Kier molecular flexibility index (Phi) is 3.27. The van der Waals surface area contributed by atoms with Crippen molar-refractivity contribution in [1.82, 2.24) is 4.90 Å². The van der Waals surface area contributed by atoms with Crippen molar-refractivity contribution in [2.75, 3.05) is 38.2 Å². The van der Waals surface area contributed by atoms with E-state index in [1.807, 2.05) is 0 Å². The highest BCUT2D eigenvalue weighted by Crippen LogP contribution is 2.37. The van der Waals surface area contributed by atoms with Crippen LogP contribution in [0.15, 0.2) is 12.1 Å². The normalized spacial score (nSPS) is 24.4. The quantitative estimate of drug-likeness (QED) is 0.824. The summed E-state index contributed by atoms with van der Waals surface area (Å²) in [6.45, 7) is 9.39. The Balaban J connectivity index is 1.94. The maximum atomic E-state index is 5.46. The number of hydrogen-bond donors (Lipinski definition) is 1. The first-order chi connectivity index (χ1) is 8.77. The van der Waals surface area contributed by atoms with Gasteiger partial charge in [0.05, 0.1) is 13.2 Å². The van der Waals surface area contributed by atoms with E-state index in [0.717, 1.165) is 32.8 Å². The molecule has 1 unspecified atom stereocenters. The molecule has 1 aromatic carbocycles. The van der Waals surface area contributed by atoms with Gasteiger partial charge in [-0.25, -0.2) is 0 Å². The van der Waals surface area contributed by atoms with E-state index >= 15 is 0 Å². The minimum atomic E-state index is 0.574. The molecule has 2 heterocycles. The van der Waals surface area contributed by atoms with Crippen LogP contribution in [-0.4, -0.2) is 37.7 Å². The number of benzene rings is 1. The SMILES string of the molecule is Cc1ccc2c(c1C)NCCC2N1CCOCC1. The van der Waals surface area contributed by atoms with E-state index in [0.29, 0.717) is 6.04 Å². The number of nitrogens with one attached hydrogen (secondary N) is 1. The van der Waals surface area contributed by atoms with Crippen molar-refractivity contribution in [3.63, 3.8) is 0 Å². The highest BCUT2D eigenvalue weighted by molar-refractivity contribution is 5.62. The molecule has 1 atom stereocenters. The fourth-order valence-electron chi connectivity index (χ4n) is 3.11. The third-order valence-corrected chi connectivity index (χ3v) is 4.33. The summed E-state index contributed by atoms with van der Waals surface area (Å²) in [6.07, 6.45) is 1.20. The van der Waals surface area contributed by atoms with E-state index in [-0.39, 0.29) is 0 Å². The second-order valence-electron chi connectivity index (χ2n) is 5.35. The molecule has 1 N–H and O–H groups in total. The van der Waals surface area contributed by atoms with E-state index in [9.17, 15) is 0 Å². The highest BCUT2D eigenvalue weighted by atomic mass is 16.5. The van der Waals surface area contributed by atoms with E-state index in [4.69, 9.17) is 4.74 Å². The summed E-state index contributed by atoms with van der Waals surface area (Å²) in [5.41, 5.74) is 5.64. The summed E-state index contributed by atoms with van der Waals surface area (Å²) < 4.78 is 5.46. The molecule has 0 saturated carbocycles. The molecule has 1 fully saturated rings. The predicted molar refractivity (Wildman–Crippen MR) is 74.2 cm³/mol. The van der Waals surface area contributed by atoms with Crippen molar-refractivity contribution in [3.8, 4) is 0 Å². The first-order valence-corrected chi connectivity index (χ1v) is 6.93. The van der Waals surface area contributed by atoms with E-state index in [1.165, 1.54) is 28.8 Å². The zero-order chi connectivity index (χ0) is 12.5. The maximum absolute atomic E-state index is 5.46. The van der Waals surface area contributed by atoms with Gasteiger partial charge in [0, 0.05) is 31.4 Å². The Labute approximate surface area is 109 Å². The van der Waals surface area contributed by atoms with Crippen LogP contribution in [0.1, 0.15) is 29.2 Å². The summed E-state index contributed by atoms with van der Waals surface area (Å²) in [5, 5.41) is 3.58. The third-order valence-electron chi connectivity index (χ3n) is 4.33. The molecule has 3 heteroatoms. The third kappa shape index (κ3) is 2.02. The van der Waals surface area contributed by atoms with E-state index in [1.54, 1.807) is 0 Å². The summed E-state index contributed by atoms with van der Waals surface area (Å²) in [5.74, 6) is 0. The van der Waals surface area contributed by atoms with Crippen LogP contribution in [-0.2, 0) is 4.74 Å². The molecular weight excluding hydrogens is 224 g/mol. The fraction of sp³-hybridized carbons (Fsp3) is 0.600. The fourth-order valence-corrected chi connectivity index (χ4v) is 3.11. The molecule has 0 radical (unpaired) electrons. The van der Waals surface area contributed by atoms with Crippen molar-refractivity contribution in [2.24, 2.45) is 0 Å². The maximum Gasteiger partial charge on any atom is 0.0594 e. The summed E-state index contributed by atoms with van der Waals surface area (Å²) in [4.78, 5) is 2.58. The van der Waals surface area contributed by atoms with Crippen molar-refractivity contribution < 1.29 is 4.74 Å². The number of morpholine rings is 1. The predicted octanol–water partition coefficient (Wildman–Crippen LogP) is 2.49. The number of aryl methyl sites for hydroxylation is 1. The molecule has 2 aliphatic rings. The summed E-state index contributed by atoms with van der Waals surface area (Å²) >= 11 is 0. The van der Waals surface area contributed by atoms with Crippen LogP contribution in [0.25, 0.3) is 0 Å². The topological polar surface area (TPSA) is 24.5 Å². The first-order valence-electron chi connectivity index (χ1n) is 6.93. The molecule has 2 aliphatic heterocycles. The Hall–Kier alpha value is -1.06. The highest BCUT2D eigenvalue weighted by Gasteiger charge is 2.27. The molecule has 1 saturated heterocycles. The molecule has 0 bridgehead atoms. The van der Waals surface area contributed by atoms with Crippen LogP contribution < -0.4 is 5.32 Å². The molecule has 0 spiro atoms. The number of hydrogen-bond acceptors (Lipinski definition) is 3. The Morgan fingerprint density at radius 2 is 2.00 bits per heavy atom. The molecule has 98 valence electrons. The lowest BCUT2D eigenvalue weighted by atomic mass is 9.92. The van der Waals surface area contributed by atoms with Gasteiger partial charge >= 0.3 is 0 Å². The van der Waals surface area contributed by atoms with Gasteiger partial charge in [-0.1, -0.05) is 12.1 Å². The molecule has 18 heavy (non-hydrogen) atoms. The lowest BCUT2D eigenvalue weighted by molar-refractivity contribution is 0.0144. The van der Waals surface area contributed by atoms with Crippen LogP contribution in [0.5, 0.6) is 0 Å². The second kappa shape index (κ2) is 4.90. The van der Waals surface area contributed by atoms with Crippen LogP contribution in [0.4, 0.5) is 5.69 Å². The van der Waals surface area contributed by atoms with Crippen molar-refractivity contribution in [3.05, 3.63) is 28.8 Å². The Bertz CT molecular complexity index is 438. The number of fused-ring (bicyclic) bond motifs is 1. The van der Waals surface area contributed by atoms with Gasteiger partial charge in [0.25, 0.3) is 0 Å². The molecule has 3 nitrogen and oxygen atoms in total. The average Bonchev–Trinajstić information content (AvgIpc) is 2.43. The lowest BCUT2D eigenvalue weighted by Gasteiger charge is -2.39. The Morgan fingerprint density at radius 3 is 2.78 bits per heavy atom. The van der Waals surface area contributed by atoms with Gasteiger partial charge in [0.1, 0.15) is 0 Å².